The van der Waals surface area contributed by atoms with Gasteiger partial charge in [-0.3, -0.25) is 0 Å². The summed E-state index contributed by atoms with van der Waals surface area (Å²) < 4.78 is 15.0. The van der Waals surface area contributed by atoms with E-state index in [9.17, 15) is 0 Å². The van der Waals surface area contributed by atoms with Crippen LogP contribution in [0.2, 0.25) is 0 Å². The van der Waals surface area contributed by atoms with Crippen LogP contribution in [-0.4, -0.2) is 24.6 Å². The van der Waals surface area contributed by atoms with Crippen LogP contribution in [0, 0.1) is 13.3 Å². The van der Waals surface area contributed by atoms with E-state index in [0.717, 1.165) is 0 Å². The first kappa shape index (κ1) is 35.6. The molecule has 0 bridgehead atoms. The van der Waals surface area contributed by atoms with Crippen LogP contribution in [0.4, 0.5) is 0 Å². The second-order valence-corrected chi connectivity index (χ2v) is 17.4. The molecular weight excluding hydrogens is 616 g/mol. The SMILES string of the molecule is [C-]#[O+].[C-]#[O+].[Ni].c1ccc([PH+](CC[PH+](c2ccccc2)c2ccccc2)CC[PH+](c2ccccc2)c2ccccc2)cc1. The minimum Gasteiger partial charge on any atom is -0.0620 e. The molecule has 0 saturated heterocycles. The summed E-state index contributed by atoms with van der Waals surface area (Å²) in [7, 11) is -2.31. The van der Waals surface area contributed by atoms with E-state index < -0.39 is 23.8 Å². The molecule has 0 N–H and O–H groups in total. The fourth-order valence-corrected chi connectivity index (χ4v) is 15.2. The Bertz CT molecular complexity index is 1250. The summed E-state index contributed by atoms with van der Waals surface area (Å²) in [5.74, 6) is 0. The van der Waals surface area contributed by atoms with E-state index in [1.54, 1.807) is 5.30 Å². The molecular formula is C36H36NiO2P3+3. The first-order valence-electron chi connectivity index (χ1n) is 13.6. The molecule has 0 saturated carbocycles. The maximum Gasteiger partial charge on any atom is 0.100 e. The predicted octanol–water partition coefficient (Wildman–Crippen LogP) is 6.18. The molecule has 2 nitrogen and oxygen atoms in total. The first-order valence-corrected chi connectivity index (χ1v) is 19.0. The Balaban J connectivity index is 0.00000118. The molecule has 6 heteroatoms. The van der Waals surface area contributed by atoms with Crippen molar-refractivity contribution < 1.29 is 25.8 Å². The van der Waals surface area contributed by atoms with Gasteiger partial charge in [-0.05, 0) is 60.7 Å². The second kappa shape index (κ2) is 21.1. The molecule has 0 radical (unpaired) electrons. The minimum absolute atomic E-state index is 0. The van der Waals surface area contributed by atoms with Crippen molar-refractivity contribution in [2.45, 2.75) is 0 Å². The third-order valence-electron chi connectivity index (χ3n) is 7.02. The molecule has 0 atom stereocenters. The Morgan fingerprint density at radius 3 is 0.786 bits per heavy atom. The topological polar surface area (TPSA) is 39.8 Å². The van der Waals surface area contributed by atoms with Crippen LogP contribution >= 0.6 is 23.8 Å². The Labute approximate surface area is 264 Å². The monoisotopic (exact) mass is 651 g/mol. The van der Waals surface area contributed by atoms with Gasteiger partial charge in [0, 0.05) is 24.4 Å². The zero-order valence-electron chi connectivity index (χ0n) is 23.4. The molecule has 0 heterocycles. The Morgan fingerprint density at radius 2 is 0.548 bits per heavy atom. The van der Waals surface area contributed by atoms with E-state index in [2.05, 4.69) is 165 Å². The third kappa shape index (κ3) is 10.9. The van der Waals surface area contributed by atoms with E-state index in [1.807, 2.05) is 0 Å². The molecule has 0 aromatic heterocycles. The molecule has 214 valence electrons. The van der Waals surface area contributed by atoms with Crippen LogP contribution in [0.25, 0.3) is 0 Å². The largest absolute Gasteiger partial charge is 0.100 e. The minimum atomic E-state index is -0.809. The van der Waals surface area contributed by atoms with Gasteiger partial charge in [-0.15, -0.1) is 0 Å². The van der Waals surface area contributed by atoms with Gasteiger partial charge >= 0.3 is 22.6 Å². The van der Waals surface area contributed by atoms with Gasteiger partial charge in [0.05, 0.1) is 54.7 Å². The van der Waals surface area contributed by atoms with Crippen LogP contribution < -0.4 is 26.5 Å². The predicted molar refractivity (Wildman–Crippen MR) is 183 cm³/mol. The van der Waals surface area contributed by atoms with Gasteiger partial charge in [0.1, 0.15) is 12.3 Å². The molecule has 0 amide bonds. The van der Waals surface area contributed by atoms with Gasteiger partial charge < -0.3 is 0 Å². The van der Waals surface area contributed by atoms with Crippen LogP contribution in [0.15, 0.2) is 152 Å². The maximum absolute atomic E-state index is 7.50. The van der Waals surface area contributed by atoms with Crippen molar-refractivity contribution in [3.63, 3.8) is 0 Å². The molecule has 0 aliphatic rings. The summed E-state index contributed by atoms with van der Waals surface area (Å²) in [4.78, 5) is 0. The summed E-state index contributed by atoms with van der Waals surface area (Å²) in [6, 6.07) is 56.5. The van der Waals surface area contributed by atoms with Crippen molar-refractivity contribution in [1.29, 1.82) is 0 Å². The van der Waals surface area contributed by atoms with E-state index >= 15 is 0 Å². The summed E-state index contributed by atoms with van der Waals surface area (Å²) >= 11 is 0. The van der Waals surface area contributed by atoms with Gasteiger partial charge in [0.15, 0.2) is 0 Å². The van der Waals surface area contributed by atoms with Crippen molar-refractivity contribution >= 4 is 50.3 Å². The number of benzene rings is 5. The van der Waals surface area contributed by atoms with Gasteiger partial charge in [-0.1, -0.05) is 91.0 Å². The van der Waals surface area contributed by atoms with E-state index in [-0.39, 0.29) is 16.5 Å². The van der Waals surface area contributed by atoms with Gasteiger partial charge in [0.25, 0.3) is 0 Å². The van der Waals surface area contributed by atoms with Crippen LogP contribution in [-0.2, 0) is 25.8 Å². The molecule has 0 spiro atoms. The maximum atomic E-state index is 7.50. The molecule has 5 aromatic rings. The molecule has 0 aliphatic heterocycles. The molecule has 0 unspecified atom stereocenters. The number of hydrogen-bond donors (Lipinski definition) is 0. The summed E-state index contributed by atoms with van der Waals surface area (Å²) in [5, 5.41) is 7.73. The van der Waals surface area contributed by atoms with Gasteiger partial charge in [0.2, 0.25) is 0 Å². The van der Waals surface area contributed by atoms with Crippen molar-refractivity contribution in [1.82, 2.24) is 0 Å². The third-order valence-corrected chi connectivity index (χ3v) is 16.5. The average molecular weight is 652 g/mol. The number of hydrogen-bond acceptors (Lipinski definition) is 0. The fourth-order valence-electron chi connectivity index (χ4n) is 5.11. The molecule has 42 heavy (non-hydrogen) atoms. The van der Waals surface area contributed by atoms with Crippen molar-refractivity contribution in [3.8, 4) is 0 Å². The normalized spacial score (nSPS) is 10.1. The van der Waals surface area contributed by atoms with E-state index in [4.69, 9.17) is 9.30 Å². The Kier molecular flexibility index (Phi) is 17.9. The van der Waals surface area contributed by atoms with Crippen LogP contribution in [0.1, 0.15) is 0 Å². The Hall–Kier alpha value is -2.64. The van der Waals surface area contributed by atoms with E-state index in [0.29, 0.717) is 0 Å². The smallest absolute Gasteiger partial charge is 0.0620 e. The Morgan fingerprint density at radius 1 is 0.333 bits per heavy atom. The quantitative estimate of drug-likeness (QED) is 0.0709. The van der Waals surface area contributed by atoms with Gasteiger partial charge in [-0.25, -0.2) is 0 Å². The molecule has 5 aromatic carbocycles. The number of rotatable bonds is 11. The molecule has 0 aliphatic carbocycles. The van der Waals surface area contributed by atoms with Crippen molar-refractivity contribution in [2.24, 2.45) is 0 Å². The zero-order chi connectivity index (χ0) is 29.1. The van der Waals surface area contributed by atoms with Crippen molar-refractivity contribution in [3.05, 3.63) is 165 Å². The zero-order valence-corrected chi connectivity index (χ0v) is 27.4. The molecule has 0 fully saturated rings. The summed E-state index contributed by atoms with van der Waals surface area (Å²) in [6.07, 6.45) is 5.23. The standard InChI is InChI=1S/C34H33P3.2CO.Ni/c1-6-16-30(17-7-1)35(26-28-36(31-18-8-2-9-19-31)32-20-10-3-11-21-32)27-29-37(33-22-12-4-13-23-33)34-24-14-5-15-25-34;2*1-2;/h1-25H,26-29H2;;;/p+3. The molecule has 5 rings (SSSR count). The first-order chi connectivity index (χ1) is 20.4. The van der Waals surface area contributed by atoms with Crippen LogP contribution in [0.3, 0.4) is 0 Å². The van der Waals surface area contributed by atoms with Gasteiger partial charge in [-0.2, -0.15) is 0 Å². The summed E-state index contributed by atoms with van der Waals surface area (Å²) in [5.41, 5.74) is 0. The second-order valence-electron chi connectivity index (χ2n) is 9.39. The fraction of sp³-hybridized carbons (Fsp3) is 0.111. The van der Waals surface area contributed by atoms with E-state index in [1.165, 1.54) is 45.9 Å². The average Bonchev–Trinajstić information content (AvgIpc) is 3.08. The van der Waals surface area contributed by atoms with Crippen molar-refractivity contribution in [2.75, 3.05) is 24.6 Å². The van der Waals surface area contributed by atoms with Crippen LogP contribution in [0.5, 0.6) is 0 Å². The summed E-state index contributed by atoms with van der Waals surface area (Å²) in [6.45, 7) is 9.00.